The summed E-state index contributed by atoms with van der Waals surface area (Å²) in [5.41, 5.74) is 11.6. The van der Waals surface area contributed by atoms with Crippen molar-refractivity contribution in [2.24, 2.45) is 11.7 Å². The van der Waals surface area contributed by atoms with Gasteiger partial charge in [0.1, 0.15) is 0 Å². The monoisotopic (exact) mass is 329 g/mol. The molecule has 6 nitrogen and oxygen atoms in total. The van der Waals surface area contributed by atoms with Gasteiger partial charge >= 0.3 is 0 Å². The van der Waals surface area contributed by atoms with E-state index in [1.165, 1.54) is 16.4 Å². The molecule has 0 saturated carbocycles. The number of hydrogen-bond donors (Lipinski definition) is 3. The molecule has 0 aliphatic carbocycles. The van der Waals surface area contributed by atoms with Gasteiger partial charge in [-0.25, -0.2) is 8.42 Å². The van der Waals surface area contributed by atoms with Crippen LogP contribution in [0.2, 0.25) is 0 Å². The predicted molar refractivity (Wildman–Crippen MR) is 88.7 cm³/mol. The van der Waals surface area contributed by atoms with Crippen molar-refractivity contribution in [3.8, 4) is 0 Å². The lowest BCUT2D eigenvalue weighted by Crippen LogP contribution is -2.44. The lowest BCUT2D eigenvalue weighted by molar-refractivity contribution is 0.169. The van der Waals surface area contributed by atoms with E-state index in [9.17, 15) is 13.5 Å². The zero-order valence-electron chi connectivity index (χ0n) is 13.3. The van der Waals surface area contributed by atoms with Gasteiger partial charge in [-0.15, -0.1) is 0 Å². The lowest BCUT2D eigenvalue weighted by Gasteiger charge is -2.31. The average molecular weight is 329 g/mol. The van der Waals surface area contributed by atoms with E-state index in [1.807, 2.05) is 13.8 Å². The second-order valence-electron chi connectivity index (χ2n) is 5.80. The number of nitrogens with zero attached hydrogens (tertiary/aromatic N) is 1. The fourth-order valence-electron chi connectivity index (χ4n) is 2.26. The van der Waals surface area contributed by atoms with Gasteiger partial charge in [0.05, 0.1) is 11.5 Å². The van der Waals surface area contributed by atoms with E-state index < -0.39 is 16.1 Å². The van der Waals surface area contributed by atoms with E-state index in [-0.39, 0.29) is 17.4 Å². The van der Waals surface area contributed by atoms with Gasteiger partial charge in [0.2, 0.25) is 10.0 Å². The summed E-state index contributed by atoms with van der Waals surface area (Å²) in [7, 11) is -3.68. The number of aliphatic hydroxyl groups excluding tert-OH is 1. The number of anilines is 1. The highest BCUT2D eigenvalue weighted by molar-refractivity contribution is 7.89. The highest BCUT2D eigenvalue weighted by Crippen LogP contribution is 2.22. The first-order valence-corrected chi connectivity index (χ1v) is 8.95. The molecule has 7 heteroatoms. The molecule has 126 valence electrons. The minimum atomic E-state index is -3.68. The first-order chi connectivity index (χ1) is 10.3. The first kappa shape index (κ1) is 18.9. The number of benzene rings is 1. The van der Waals surface area contributed by atoms with Crippen molar-refractivity contribution in [3.63, 3.8) is 0 Å². The van der Waals surface area contributed by atoms with Gasteiger partial charge in [0, 0.05) is 18.3 Å². The zero-order chi connectivity index (χ0) is 16.8. The van der Waals surface area contributed by atoms with Crippen LogP contribution in [-0.4, -0.2) is 43.6 Å². The Morgan fingerprint density at radius 2 is 1.82 bits per heavy atom. The molecule has 0 fully saturated rings. The van der Waals surface area contributed by atoms with Crippen LogP contribution in [0.15, 0.2) is 29.2 Å². The van der Waals surface area contributed by atoms with Crippen molar-refractivity contribution in [1.82, 2.24) is 4.31 Å². The molecule has 0 heterocycles. The molecule has 1 unspecified atom stereocenters. The van der Waals surface area contributed by atoms with Crippen LogP contribution < -0.4 is 11.5 Å². The van der Waals surface area contributed by atoms with Gasteiger partial charge in [-0.3, -0.25) is 0 Å². The molecular weight excluding hydrogens is 302 g/mol. The van der Waals surface area contributed by atoms with E-state index in [1.54, 1.807) is 12.1 Å². The van der Waals surface area contributed by atoms with Crippen LogP contribution in [-0.2, 0) is 10.0 Å². The van der Waals surface area contributed by atoms with Crippen molar-refractivity contribution < 1.29 is 13.5 Å². The van der Waals surface area contributed by atoms with E-state index in [0.29, 0.717) is 31.6 Å². The maximum atomic E-state index is 12.9. The third kappa shape index (κ3) is 4.95. The summed E-state index contributed by atoms with van der Waals surface area (Å²) < 4.78 is 27.2. The summed E-state index contributed by atoms with van der Waals surface area (Å²) in [4.78, 5) is 0.188. The third-order valence-electron chi connectivity index (χ3n) is 3.39. The number of nitrogen functional groups attached to an aromatic ring is 1. The van der Waals surface area contributed by atoms with Crippen molar-refractivity contribution >= 4 is 15.7 Å². The van der Waals surface area contributed by atoms with Crippen molar-refractivity contribution in [2.75, 3.05) is 25.4 Å². The molecule has 0 bridgehead atoms. The van der Waals surface area contributed by atoms with Crippen LogP contribution in [0.25, 0.3) is 0 Å². The Kier molecular flexibility index (Phi) is 7.28. The summed E-state index contributed by atoms with van der Waals surface area (Å²) in [6.07, 6.45) is 1.20. The van der Waals surface area contributed by atoms with E-state index >= 15 is 0 Å². The Morgan fingerprint density at radius 3 is 2.27 bits per heavy atom. The molecule has 0 spiro atoms. The highest BCUT2D eigenvalue weighted by atomic mass is 32.2. The summed E-state index contributed by atoms with van der Waals surface area (Å²) in [5.74, 6) is 0.149. The molecule has 1 rings (SSSR count). The van der Waals surface area contributed by atoms with Crippen LogP contribution >= 0.6 is 0 Å². The maximum absolute atomic E-state index is 12.9. The van der Waals surface area contributed by atoms with Crippen LogP contribution in [0.3, 0.4) is 0 Å². The van der Waals surface area contributed by atoms with E-state index in [4.69, 9.17) is 11.5 Å². The van der Waals surface area contributed by atoms with Crippen LogP contribution in [0.4, 0.5) is 5.69 Å². The predicted octanol–water partition coefficient (Wildman–Crippen LogP) is 1.02. The number of sulfonamides is 1. The van der Waals surface area contributed by atoms with E-state index in [0.717, 1.165) is 0 Å². The fourth-order valence-corrected chi connectivity index (χ4v) is 4.07. The second-order valence-corrected chi connectivity index (χ2v) is 7.70. The molecule has 0 saturated heterocycles. The molecule has 5 N–H and O–H groups in total. The quantitative estimate of drug-likeness (QED) is 0.586. The smallest absolute Gasteiger partial charge is 0.243 e. The van der Waals surface area contributed by atoms with Crippen molar-refractivity contribution in [1.29, 1.82) is 0 Å². The summed E-state index contributed by atoms with van der Waals surface area (Å²) >= 11 is 0. The Morgan fingerprint density at radius 1 is 1.23 bits per heavy atom. The summed E-state index contributed by atoms with van der Waals surface area (Å²) in [5, 5.41) is 9.62. The van der Waals surface area contributed by atoms with Gasteiger partial charge in [-0.1, -0.05) is 13.8 Å². The number of aliphatic hydroxyl groups is 1. The largest absolute Gasteiger partial charge is 0.399 e. The Bertz CT molecular complexity index is 544. The van der Waals surface area contributed by atoms with Gasteiger partial charge in [-0.2, -0.15) is 4.31 Å². The van der Waals surface area contributed by atoms with Crippen LogP contribution in [0.5, 0.6) is 0 Å². The standard InChI is InChI=1S/C15H27N3O3S/c1-12(2)10-18(14(11-19)4-3-9-16)22(20,21)15-7-5-13(17)6-8-15/h5-8,12,14,19H,3-4,9-11,16-17H2,1-2H3. The lowest BCUT2D eigenvalue weighted by atomic mass is 10.1. The van der Waals surface area contributed by atoms with Gasteiger partial charge < -0.3 is 16.6 Å². The number of nitrogens with two attached hydrogens (primary N) is 2. The Balaban J connectivity index is 3.15. The second kappa shape index (κ2) is 8.47. The minimum absolute atomic E-state index is 0.149. The van der Waals surface area contributed by atoms with Gasteiger partial charge in [-0.05, 0) is 49.6 Å². The van der Waals surface area contributed by atoms with Crippen LogP contribution in [0, 0.1) is 5.92 Å². The molecule has 0 radical (unpaired) electrons. The Hall–Kier alpha value is -1.15. The minimum Gasteiger partial charge on any atom is -0.399 e. The fraction of sp³-hybridized carbons (Fsp3) is 0.600. The normalized spacial score (nSPS) is 13.7. The number of rotatable bonds is 9. The molecule has 1 aromatic rings. The maximum Gasteiger partial charge on any atom is 0.243 e. The molecule has 1 atom stereocenters. The molecule has 22 heavy (non-hydrogen) atoms. The highest BCUT2D eigenvalue weighted by Gasteiger charge is 2.31. The molecule has 0 aromatic heterocycles. The average Bonchev–Trinajstić information content (AvgIpc) is 2.46. The van der Waals surface area contributed by atoms with E-state index in [2.05, 4.69) is 0 Å². The van der Waals surface area contributed by atoms with Crippen molar-refractivity contribution in [2.45, 2.75) is 37.6 Å². The zero-order valence-corrected chi connectivity index (χ0v) is 14.1. The number of hydrogen-bond acceptors (Lipinski definition) is 5. The Labute approximate surface area is 133 Å². The molecule has 0 aliphatic rings. The molecule has 0 amide bonds. The van der Waals surface area contributed by atoms with Gasteiger partial charge in [0.15, 0.2) is 0 Å². The van der Waals surface area contributed by atoms with Crippen LogP contribution in [0.1, 0.15) is 26.7 Å². The molecular formula is C15H27N3O3S. The van der Waals surface area contributed by atoms with Crippen molar-refractivity contribution in [3.05, 3.63) is 24.3 Å². The topological polar surface area (TPSA) is 110 Å². The first-order valence-electron chi connectivity index (χ1n) is 7.51. The third-order valence-corrected chi connectivity index (χ3v) is 5.32. The summed E-state index contributed by atoms with van der Waals surface area (Å²) in [6.45, 7) is 4.49. The van der Waals surface area contributed by atoms with Gasteiger partial charge in [0.25, 0.3) is 0 Å². The molecule has 0 aliphatic heterocycles. The molecule has 1 aromatic carbocycles. The summed E-state index contributed by atoms with van der Waals surface area (Å²) in [6, 6.07) is 5.65. The SMILES string of the molecule is CC(C)CN(C(CO)CCCN)S(=O)(=O)c1ccc(N)cc1.